The maximum Gasteiger partial charge on any atom is 0.251 e. The van der Waals surface area contributed by atoms with Crippen LogP contribution in [0.1, 0.15) is 45.1 Å². The lowest BCUT2D eigenvalue weighted by Gasteiger charge is -2.37. The number of halogens is 1. The first-order valence-corrected chi connectivity index (χ1v) is 12.3. The predicted octanol–water partition coefficient (Wildman–Crippen LogP) is 2.72. The molecule has 184 valence electrons. The van der Waals surface area contributed by atoms with Gasteiger partial charge in [-0.3, -0.25) is 4.79 Å². The number of rotatable bonds is 5. The Morgan fingerprint density at radius 3 is 2.45 bits per heavy atom. The topological polar surface area (TPSA) is 73.3 Å². The maximum absolute atomic E-state index is 12.6. The summed E-state index contributed by atoms with van der Waals surface area (Å²) in [5.41, 5.74) is 1.11. The van der Waals surface area contributed by atoms with E-state index in [0.717, 1.165) is 68.8 Å². The molecule has 0 radical (unpaired) electrons. The average Bonchev–Trinajstić information content (AvgIpc) is 3.37. The van der Waals surface area contributed by atoms with E-state index in [-0.39, 0.29) is 36.0 Å². The zero-order valence-corrected chi connectivity index (χ0v) is 22.4. The van der Waals surface area contributed by atoms with Crippen molar-refractivity contribution in [2.75, 3.05) is 57.3 Å². The zero-order chi connectivity index (χ0) is 22.3. The summed E-state index contributed by atoms with van der Waals surface area (Å²) in [7, 11) is 0. The monoisotopic (exact) mass is 570 g/mol. The number of guanidine groups is 1. The largest absolute Gasteiger partial charge is 0.368 e. The minimum Gasteiger partial charge on any atom is -0.368 e. The molecular formula is C24H39IN6O2. The van der Waals surface area contributed by atoms with E-state index in [1.165, 1.54) is 12.8 Å². The van der Waals surface area contributed by atoms with E-state index in [4.69, 9.17) is 14.7 Å². The molecule has 3 fully saturated rings. The number of aliphatic imine (C=N–C) groups is 1. The highest BCUT2D eigenvalue weighted by molar-refractivity contribution is 14.0. The molecule has 8 nitrogen and oxygen atoms in total. The normalized spacial score (nSPS) is 22.3. The number of piperidine rings is 1. The van der Waals surface area contributed by atoms with Crippen LogP contribution in [0.25, 0.3) is 0 Å². The van der Waals surface area contributed by atoms with Crippen molar-refractivity contribution in [3.8, 4) is 0 Å². The standard InChI is InChI=1S/C24H38N6O2.HI/c1-3-25-24(30-14-12-29(13-15-30)23(31)21-5-4-16-32-21)27-18-20-6-7-22(26-17-20)28-10-8-19(2)9-11-28;/h6-7,17,19,21H,3-5,8-16,18H2,1-2H3,(H,25,27);1H. The van der Waals surface area contributed by atoms with Gasteiger partial charge in [-0.25, -0.2) is 9.98 Å². The zero-order valence-electron chi connectivity index (χ0n) is 20.0. The van der Waals surface area contributed by atoms with Crippen LogP contribution in [0.2, 0.25) is 0 Å². The Morgan fingerprint density at radius 1 is 1.12 bits per heavy atom. The Morgan fingerprint density at radius 2 is 1.85 bits per heavy atom. The Hall–Kier alpha value is -1.62. The lowest BCUT2D eigenvalue weighted by Crippen LogP contribution is -2.55. The van der Waals surface area contributed by atoms with Gasteiger partial charge in [-0.2, -0.15) is 0 Å². The molecule has 1 aromatic heterocycles. The third-order valence-corrected chi connectivity index (χ3v) is 6.76. The lowest BCUT2D eigenvalue weighted by molar-refractivity contribution is -0.142. The molecule has 1 amide bonds. The summed E-state index contributed by atoms with van der Waals surface area (Å²) >= 11 is 0. The van der Waals surface area contributed by atoms with E-state index >= 15 is 0 Å². The van der Waals surface area contributed by atoms with E-state index in [1.54, 1.807) is 0 Å². The Bertz CT molecular complexity index is 768. The fourth-order valence-electron chi connectivity index (χ4n) is 4.64. The highest BCUT2D eigenvalue weighted by Crippen LogP contribution is 2.21. The van der Waals surface area contributed by atoms with Gasteiger partial charge >= 0.3 is 0 Å². The number of amides is 1. The molecule has 9 heteroatoms. The number of aromatic nitrogens is 1. The molecule has 3 aliphatic heterocycles. The van der Waals surface area contributed by atoms with Gasteiger partial charge in [-0.05, 0) is 50.2 Å². The third kappa shape index (κ3) is 6.94. The summed E-state index contributed by atoms with van der Waals surface area (Å²) in [4.78, 5) is 28.7. The highest BCUT2D eigenvalue weighted by atomic mass is 127. The quantitative estimate of drug-likeness (QED) is 0.334. The second-order valence-corrected chi connectivity index (χ2v) is 9.18. The summed E-state index contributed by atoms with van der Waals surface area (Å²) in [5, 5.41) is 3.41. The van der Waals surface area contributed by atoms with Crippen molar-refractivity contribution in [3.05, 3.63) is 23.9 Å². The molecule has 0 bridgehead atoms. The van der Waals surface area contributed by atoms with Crippen molar-refractivity contribution in [3.63, 3.8) is 0 Å². The van der Waals surface area contributed by atoms with E-state index < -0.39 is 0 Å². The van der Waals surface area contributed by atoms with Gasteiger partial charge in [0, 0.05) is 58.6 Å². The summed E-state index contributed by atoms with van der Waals surface area (Å²) in [6.07, 6.45) is 6.05. The van der Waals surface area contributed by atoms with Crippen LogP contribution in [0.5, 0.6) is 0 Å². The fourth-order valence-corrected chi connectivity index (χ4v) is 4.64. The van der Waals surface area contributed by atoms with Gasteiger partial charge in [0.1, 0.15) is 11.9 Å². The molecule has 3 saturated heterocycles. The molecule has 4 rings (SSSR count). The third-order valence-electron chi connectivity index (χ3n) is 6.76. The van der Waals surface area contributed by atoms with Crippen LogP contribution in [0, 0.1) is 5.92 Å². The van der Waals surface area contributed by atoms with E-state index in [9.17, 15) is 4.79 Å². The molecule has 1 unspecified atom stereocenters. The number of carbonyl (C=O) groups excluding carboxylic acids is 1. The summed E-state index contributed by atoms with van der Waals surface area (Å²) in [6.45, 7) is 11.7. The van der Waals surface area contributed by atoms with Gasteiger partial charge in [-0.1, -0.05) is 13.0 Å². The predicted molar refractivity (Wildman–Crippen MR) is 142 cm³/mol. The number of nitrogens with one attached hydrogen (secondary N) is 1. The number of hydrogen-bond acceptors (Lipinski definition) is 5. The molecule has 0 aromatic carbocycles. The molecular weight excluding hydrogens is 531 g/mol. The Kier molecular flexibility index (Phi) is 10.0. The molecule has 0 aliphatic carbocycles. The van der Waals surface area contributed by atoms with Crippen molar-refractivity contribution in [2.45, 2.75) is 52.2 Å². The fraction of sp³-hybridized carbons (Fsp3) is 0.708. The van der Waals surface area contributed by atoms with Gasteiger partial charge < -0.3 is 24.8 Å². The summed E-state index contributed by atoms with van der Waals surface area (Å²) < 4.78 is 5.57. The Balaban J connectivity index is 0.00000306. The summed E-state index contributed by atoms with van der Waals surface area (Å²) in [6, 6.07) is 4.27. The van der Waals surface area contributed by atoms with Crippen molar-refractivity contribution in [2.24, 2.45) is 10.9 Å². The molecule has 4 heterocycles. The molecule has 1 N–H and O–H groups in total. The van der Waals surface area contributed by atoms with E-state index in [0.29, 0.717) is 26.2 Å². The van der Waals surface area contributed by atoms with Crippen molar-refractivity contribution < 1.29 is 9.53 Å². The van der Waals surface area contributed by atoms with Gasteiger partial charge in [0.15, 0.2) is 5.96 Å². The van der Waals surface area contributed by atoms with Gasteiger partial charge in [0.05, 0.1) is 6.54 Å². The number of pyridine rings is 1. The van der Waals surface area contributed by atoms with Gasteiger partial charge in [-0.15, -0.1) is 24.0 Å². The van der Waals surface area contributed by atoms with E-state index in [1.807, 2.05) is 11.1 Å². The Labute approximate surface area is 215 Å². The maximum atomic E-state index is 12.6. The van der Waals surface area contributed by atoms with Crippen LogP contribution in [0.4, 0.5) is 5.82 Å². The number of nitrogens with zero attached hydrogens (tertiary/aromatic N) is 5. The van der Waals surface area contributed by atoms with Crippen LogP contribution in [-0.2, 0) is 16.1 Å². The highest BCUT2D eigenvalue weighted by Gasteiger charge is 2.30. The molecule has 3 aliphatic rings. The first-order chi connectivity index (χ1) is 15.6. The van der Waals surface area contributed by atoms with Gasteiger partial charge in [0.25, 0.3) is 5.91 Å². The number of anilines is 1. The van der Waals surface area contributed by atoms with Crippen molar-refractivity contribution in [1.82, 2.24) is 20.1 Å². The number of hydrogen-bond donors (Lipinski definition) is 1. The minimum atomic E-state index is -0.229. The lowest BCUT2D eigenvalue weighted by atomic mass is 9.99. The van der Waals surface area contributed by atoms with Crippen LogP contribution in [-0.4, -0.2) is 85.2 Å². The summed E-state index contributed by atoms with van der Waals surface area (Å²) in [5.74, 6) is 2.95. The SMILES string of the molecule is CCNC(=NCc1ccc(N2CCC(C)CC2)nc1)N1CCN(C(=O)C2CCCO2)CC1.I. The van der Waals surface area contributed by atoms with Gasteiger partial charge in [0.2, 0.25) is 0 Å². The number of carbonyl (C=O) groups is 1. The number of piperazine rings is 1. The second-order valence-electron chi connectivity index (χ2n) is 9.18. The molecule has 1 atom stereocenters. The van der Waals surface area contributed by atoms with Crippen LogP contribution in [0.15, 0.2) is 23.3 Å². The molecule has 33 heavy (non-hydrogen) atoms. The van der Waals surface area contributed by atoms with Crippen molar-refractivity contribution in [1.29, 1.82) is 0 Å². The van der Waals surface area contributed by atoms with Crippen LogP contribution < -0.4 is 10.2 Å². The minimum absolute atomic E-state index is 0. The van der Waals surface area contributed by atoms with Crippen LogP contribution >= 0.6 is 24.0 Å². The van der Waals surface area contributed by atoms with Crippen LogP contribution in [0.3, 0.4) is 0 Å². The first-order valence-electron chi connectivity index (χ1n) is 12.3. The van der Waals surface area contributed by atoms with E-state index in [2.05, 4.69) is 41.1 Å². The smallest absolute Gasteiger partial charge is 0.251 e. The second kappa shape index (κ2) is 12.7. The average molecular weight is 571 g/mol. The molecule has 1 aromatic rings. The molecule has 0 spiro atoms. The van der Waals surface area contributed by atoms with Crippen molar-refractivity contribution >= 4 is 41.7 Å². The number of ether oxygens (including phenoxy) is 1. The first kappa shape index (κ1) is 26.0. The molecule has 0 saturated carbocycles.